The van der Waals surface area contributed by atoms with Crippen molar-refractivity contribution in [2.24, 2.45) is 0 Å². The quantitative estimate of drug-likeness (QED) is 0.689. The van der Waals surface area contributed by atoms with Crippen molar-refractivity contribution < 1.29 is 13.2 Å². The van der Waals surface area contributed by atoms with E-state index < -0.39 is 12.9 Å². The van der Waals surface area contributed by atoms with E-state index >= 15 is 0 Å². The van der Waals surface area contributed by atoms with Crippen LogP contribution < -0.4 is 4.74 Å². The molecule has 1 aromatic carbocycles. The summed E-state index contributed by atoms with van der Waals surface area (Å²) in [4.78, 5) is 0. The van der Waals surface area contributed by atoms with E-state index in [4.69, 9.17) is 4.11 Å². The number of ether oxygens (including phenoxy) is 1. The molecule has 3 heteroatoms. The van der Waals surface area contributed by atoms with Gasteiger partial charge < -0.3 is 4.74 Å². The molecule has 0 aliphatic carbocycles. The molecule has 0 aromatic heterocycles. The van der Waals surface area contributed by atoms with E-state index in [9.17, 15) is 4.39 Å². The fourth-order valence-electron chi connectivity index (χ4n) is 0.563. The Kier molecular flexibility index (Phi) is 1.31. The van der Waals surface area contributed by atoms with Crippen LogP contribution in [0.3, 0.4) is 0 Å². The summed E-state index contributed by atoms with van der Waals surface area (Å²) in [6.45, 7) is 0. The van der Waals surface area contributed by atoms with Gasteiger partial charge in [0.05, 0.1) is 15.6 Å². The average molecular weight is 208 g/mol. The molecule has 1 rings (SSSR count). The lowest BCUT2D eigenvalue weighted by Gasteiger charge is -2.00. The molecule has 0 fully saturated rings. The molecular weight excluding hydrogens is 199 g/mol. The van der Waals surface area contributed by atoms with Gasteiger partial charge in [-0.2, -0.15) is 0 Å². The normalized spacial score (nSPS) is 15.2. The Morgan fingerprint density at radius 2 is 2.50 bits per heavy atom. The number of halogens is 2. The van der Waals surface area contributed by atoms with Crippen molar-refractivity contribution >= 4 is 15.9 Å². The Labute approximate surface area is 71.2 Å². The van der Waals surface area contributed by atoms with Crippen LogP contribution in [0.2, 0.25) is 0 Å². The molecule has 0 N–H and O–H groups in total. The van der Waals surface area contributed by atoms with E-state index in [-0.39, 0.29) is 10.2 Å². The minimum atomic E-state index is -2.62. The van der Waals surface area contributed by atoms with E-state index in [0.29, 0.717) is 0 Å². The van der Waals surface area contributed by atoms with Crippen LogP contribution in [0.5, 0.6) is 5.75 Å². The highest BCUT2D eigenvalue weighted by molar-refractivity contribution is 9.10. The minimum Gasteiger partial charge on any atom is -0.494 e. The second-order valence-electron chi connectivity index (χ2n) is 1.65. The topological polar surface area (TPSA) is 9.23 Å². The van der Waals surface area contributed by atoms with Crippen LogP contribution in [0.15, 0.2) is 22.7 Å². The molecule has 0 atom stereocenters. The summed E-state index contributed by atoms with van der Waals surface area (Å²) in [5.74, 6) is -0.993. The molecule has 0 aliphatic rings. The van der Waals surface area contributed by atoms with E-state index in [2.05, 4.69) is 20.7 Å². The predicted octanol–water partition coefficient (Wildman–Crippen LogP) is 2.60. The lowest BCUT2D eigenvalue weighted by atomic mass is 10.3. The molecule has 0 spiro atoms. The van der Waals surface area contributed by atoms with Crippen LogP contribution in [0.4, 0.5) is 4.39 Å². The molecular formula is C7H6BrFO. The van der Waals surface area contributed by atoms with Crippen molar-refractivity contribution in [2.75, 3.05) is 7.04 Å². The van der Waals surface area contributed by atoms with E-state index in [0.717, 1.165) is 0 Å². The zero-order valence-electron chi connectivity index (χ0n) is 7.90. The van der Waals surface area contributed by atoms with Gasteiger partial charge in [0.2, 0.25) is 0 Å². The Morgan fingerprint density at radius 3 is 3.20 bits per heavy atom. The molecule has 0 aliphatic heterocycles. The monoisotopic (exact) mass is 207 g/mol. The zero-order valence-corrected chi connectivity index (χ0v) is 6.48. The van der Waals surface area contributed by atoms with Gasteiger partial charge >= 0.3 is 0 Å². The number of hydrogen-bond acceptors (Lipinski definition) is 1. The van der Waals surface area contributed by atoms with Crippen molar-refractivity contribution in [3.8, 4) is 5.75 Å². The Balaban J connectivity index is 2.96. The van der Waals surface area contributed by atoms with Gasteiger partial charge in [-0.25, -0.2) is 4.39 Å². The smallest absolute Gasteiger partial charge is 0.179 e. The first-order valence-electron chi connectivity index (χ1n) is 4.03. The van der Waals surface area contributed by atoms with Crippen molar-refractivity contribution in [1.82, 2.24) is 0 Å². The van der Waals surface area contributed by atoms with Gasteiger partial charge in [-0.1, -0.05) is 6.07 Å². The van der Waals surface area contributed by atoms with Crippen molar-refractivity contribution in [3.05, 3.63) is 28.5 Å². The Bertz CT molecular complexity index is 313. The molecule has 1 nitrogen and oxygen atoms in total. The molecule has 0 unspecified atom stereocenters. The maximum atomic E-state index is 13.1. The third-order valence-electron chi connectivity index (χ3n) is 1.03. The highest BCUT2D eigenvalue weighted by Crippen LogP contribution is 2.23. The van der Waals surface area contributed by atoms with Gasteiger partial charge in [-0.05, 0) is 28.1 Å². The van der Waals surface area contributed by atoms with Crippen LogP contribution in [0, 0.1) is 5.82 Å². The summed E-state index contributed by atoms with van der Waals surface area (Å²) < 4.78 is 38.0. The van der Waals surface area contributed by atoms with Gasteiger partial charge in [0.1, 0.15) is 0 Å². The number of methoxy groups -OCH3 is 1. The maximum absolute atomic E-state index is 13.1. The lowest BCUT2D eigenvalue weighted by molar-refractivity contribution is 0.385. The number of rotatable bonds is 1. The number of benzene rings is 1. The summed E-state index contributed by atoms with van der Waals surface area (Å²) in [6, 6.07) is 4.21. The van der Waals surface area contributed by atoms with Crippen molar-refractivity contribution in [2.45, 2.75) is 0 Å². The fraction of sp³-hybridized carbons (Fsp3) is 0.143. The maximum Gasteiger partial charge on any atom is 0.179 e. The molecule has 0 bridgehead atoms. The molecule has 0 saturated carbocycles. The third-order valence-corrected chi connectivity index (χ3v) is 1.64. The van der Waals surface area contributed by atoms with Gasteiger partial charge in [0.15, 0.2) is 11.6 Å². The molecule has 10 heavy (non-hydrogen) atoms. The van der Waals surface area contributed by atoms with Gasteiger partial charge in [-0.15, -0.1) is 0 Å². The second-order valence-corrected chi connectivity index (χ2v) is 2.51. The highest BCUT2D eigenvalue weighted by Gasteiger charge is 2.03. The largest absolute Gasteiger partial charge is 0.494 e. The fourth-order valence-corrected chi connectivity index (χ4v) is 0.911. The third kappa shape index (κ3) is 1.29. The van der Waals surface area contributed by atoms with Gasteiger partial charge in [0, 0.05) is 0 Å². The Hall–Kier alpha value is -0.570. The summed E-state index contributed by atoms with van der Waals surface area (Å²) in [7, 11) is -2.62. The van der Waals surface area contributed by atoms with Crippen LogP contribution >= 0.6 is 15.9 Å². The highest BCUT2D eigenvalue weighted by atomic mass is 79.9. The summed E-state index contributed by atoms with van der Waals surface area (Å²) >= 11 is 2.91. The van der Waals surface area contributed by atoms with Crippen LogP contribution in [0.25, 0.3) is 0 Å². The summed E-state index contributed by atoms with van der Waals surface area (Å²) in [6.07, 6.45) is 0. The molecule has 0 amide bonds. The first-order valence-corrected chi connectivity index (χ1v) is 3.32. The lowest BCUT2D eigenvalue weighted by Crippen LogP contribution is -1.87. The van der Waals surface area contributed by atoms with Crippen molar-refractivity contribution in [3.63, 3.8) is 0 Å². The summed E-state index contributed by atoms with van der Waals surface area (Å²) in [5, 5.41) is 0. The minimum absolute atomic E-state index is 0.175. The average Bonchev–Trinajstić information content (AvgIpc) is 1.96. The zero-order chi connectivity index (χ0) is 10.1. The molecule has 0 radical (unpaired) electrons. The number of hydrogen-bond donors (Lipinski definition) is 0. The van der Waals surface area contributed by atoms with Gasteiger partial charge in [0.25, 0.3) is 0 Å². The SMILES string of the molecule is [2H]C([2H])([2H])Oc1cccc(Br)c1F. The van der Waals surface area contributed by atoms with E-state index in [1.807, 2.05) is 0 Å². The van der Waals surface area contributed by atoms with E-state index in [1.165, 1.54) is 18.2 Å². The van der Waals surface area contributed by atoms with Crippen LogP contribution in [-0.4, -0.2) is 7.04 Å². The van der Waals surface area contributed by atoms with E-state index in [1.54, 1.807) is 0 Å². The predicted molar refractivity (Wildman–Crippen MR) is 40.7 cm³/mol. The van der Waals surface area contributed by atoms with Crippen LogP contribution in [-0.2, 0) is 0 Å². The molecule has 54 valence electrons. The standard InChI is InChI=1S/C7H6BrFO/c1-10-6-4-2-3-5(8)7(6)9/h2-4H,1H3/i1D3. The Morgan fingerprint density at radius 1 is 1.70 bits per heavy atom. The van der Waals surface area contributed by atoms with Crippen molar-refractivity contribution in [1.29, 1.82) is 0 Å². The molecule has 0 heterocycles. The van der Waals surface area contributed by atoms with Crippen LogP contribution in [0.1, 0.15) is 4.11 Å². The second kappa shape index (κ2) is 3.01. The molecule has 0 saturated heterocycles. The van der Waals surface area contributed by atoms with Gasteiger partial charge in [-0.3, -0.25) is 0 Å². The summed E-state index contributed by atoms with van der Waals surface area (Å²) in [5.41, 5.74) is 0. The molecule has 1 aromatic rings. The first-order chi connectivity index (χ1) is 5.90. The first kappa shape index (κ1) is 4.34.